The lowest BCUT2D eigenvalue weighted by Crippen LogP contribution is -2.36. The van der Waals surface area contributed by atoms with Crippen molar-refractivity contribution >= 4 is 29.9 Å². The van der Waals surface area contributed by atoms with E-state index in [2.05, 4.69) is 20.6 Å². The number of benzene rings is 1. The van der Waals surface area contributed by atoms with Gasteiger partial charge in [-0.1, -0.05) is 18.2 Å². The number of aryl methyl sites for hydroxylation is 1. The van der Waals surface area contributed by atoms with Crippen LogP contribution >= 0.6 is 24.0 Å². The molecule has 1 saturated carbocycles. The topological polar surface area (TPSA) is 58.5 Å². The van der Waals surface area contributed by atoms with E-state index in [4.69, 9.17) is 4.74 Å². The average Bonchev–Trinajstić information content (AvgIpc) is 3.48. The zero-order chi connectivity index (χ0) is 18.4. The molecule has 1 aliphatic carbocycles. The highest BCUT2D eigenvalue weighted by Crippen LogP contribution is 2.29. The largest absolute Gasteiger partial charge is 0.477 e. The summed E-state index contributed by atoms with van der Waals surface area (Å²) in [5, 5.41) is 6.47. The molecular weight excluding hydrogens is 458 g/mol. The van der Waals surface area contributed by atoms with Crippen molar-refractivity contribution < 1.29 is 9.13 Å². The van der Waals surface area contributed by atoms with Gasteiger partial charge in [-0.3, -0.25) is 4.99 Å². The van der Waals surface area contributed by atoms with Crippen LogP contribution in [-0.4, -0.2) is 24.6 Å². The molecule has 0 amide bonds. The molecule has 1 aliphatic rings. The molecule has 1 aromatic heterocycles. The normalized spacial score (nSPS) is 13.7. The van der Waals surface area contributed by atoms with E-state index in [0.717, 1.165) is 23.7 Å². The molecule has 5 nitrogen and oxygen atoms in total. The van der Waals surface area contributed by atoms with Crippen LogP contribution in [0.5, 0.6) is 5.88 Å². The number of aliphatic imine (C=N–C) groups is 1. The van der Waals surface area contributed by atoms with Gasteiger partial charge in [-0.25, -0.2) is 9.37 Å². The Hall–Kier alpha value is -1.90. The van der Waals surface area contributed by atoms with Gasteiger partial charge in [0.25, 0.3) is 0 Å². The Balaban J connectivity index is 0.00000261. The van der Waals surface area contributed by atoms with Crippen LogP contribution in [0.1, 0.15) is 29.5 Å². The van der Waals surface area contributed by atoms with Gasteiger partial charge in [-0.15, -0.1) is 24.0 Å². The zero-order valence-electron chi connectivity index (χ0n) is 15.7. The van der Waals surface area contributed by atoms with E-state index in [1.807, 2.05) is 24.4 Å². The molecule has 7 heteroatoms. The van der Waals surface area contributed by atoms with Gasteiger partial charge in [-0.2, -0.15) is 0 Å². The maximum Gasteiger partial charge on any atom is 0.213 e. The van der Waals surface area contributed by atoms with E-state index in [0.29, 0.717) is 30.5 Å². The first kappa shape index (κ1) is 21.4. The first-order valence-electron chi connectivity index (χ1n) is 8.91. The van der Waals surface area contributed by atoms with E-state index >= 15 is 0 Å². The van der Waals surface area contributed by atoms with Crippen LogP contribution in [0.25, 0.3) is 0 Å². The predicted octanol–water partition coefficient (Wildman–Crippen LogP) is 3.80. The monoisotopic (exact) mass is 484 g/mol. The Bertz CT molecular complexity index is 763. The fourth-order valence-corrected chi connectivity index (χ4v) is 2.50. The van der Waals surface area contributed by atoms with Gasteiger partial charge in [0.05, 0.1) is 6.61 Å². The van der Waals surface area contributed by atoms with Gasteiger partial charge in [0.15, 0.2) is 5.96 Å². The third kappa shape index (κ3) is 6.97. The lowest BCUT2D eigenvalue weighted by atomic mass is 10.1. The molecule has 0 atom stereocenters. The van der Waals surface area contributed by atoms with Crippen molar-refractivity contribution in [2.45, 2.75) is 32.9 Å². The highest BCUT2D eigenvalue weighted by molar-refractivity contribution is 14.0. The van der Waals surface area contributed by atoms with Crippen molar-refractivity contribution in [3.05, 3.63) is 59.0 Å². The minimum absolute atomic E-state index is 0. The standard InChI is InChI=1S/C20H25FN4O.HI/c1-14-9-16(5-7-18(14)21)10-24-20(22-2)25-12-17-6-8-19(23-11-17)26-13-15-3-4-15;/h5-9,11,15H,3-4,10,12-13H2,1-2H3,(H2,22,24,25);1H. The first-order chi connectivity index (χ1) is 12.6. The maximum absolute atomic E-state index is 13.3. The van der Waals surface area contributed by atoms with Crippen LogP contribution in [0.2, 0.25) is 0 Å². The molecule has 0 saturated heterocycles. The van der Waals surface area contributed by atoms with Crippen LogP contribution in [0.15, 0.2) is 41.5 Å². The van der Waals surface area contributed by atoms with Crippen LogP contribution in [0, 0.1) is 18.7 Å². The second-order valence-electron chi connectivity index (χ2n) is 6.62. The van der Waals surface area contributed by atoms with Crippen LogP contribution in [0.3, 0.4) is 0 Å². The summed E-state index contributed by atoms with van der Waals surface area (Å²) in [6, 6.07) is 8.99. The van der Waals surface area contributed by atoms with E-state index in [9.17, 15) is 4.39 Å². The summed E-state index contributed by atoms with van der Waals surface area (Å²) in [7, 11) is 1.72. The Morgan fingerprint density at radius 1 is 1.19 bits per heavy atom. The molecular formula is C20H26FIN4O. The summed E-state index contributed by atoms with van der Waals surface area (Å²) in [6.45, 7) is 3.71. The molecule has 146 valence electrons. The molecule has 0 aliphatic heterocycles. The average molecular weight is 484 g/mol. The van der Waals surface area contributed by atoms with Gasteiger partial charge >= 0.3 is 0 Å². The van der Waals surface area contributed by atoms with Gasteiger partial charge in [0.2, 0.25) is 5.88 Å². The summed E-state index contributed by atoms with van der Waals surface area (Å²) in [4.78, 5) is 8.54. The number of aromatic nitrogens is 1. The molecule has 1 fully saturated rings. The zero-order valence-corrected chi connectivity index (χ0v) is 18.0. The van der Waals surface area contributed by atoms with Crippen LogP contribution in [-0.2, 0) is 13.1 Å². The summed E-state index contributed by atoms with van der Waals surface area (Å²) >= 11 is 0. The number of nitrogens with one attached hydrogen (secondary N) is 2. The predicted molar refractivity (Wildman–Crippen MR) is 116 cm³/mol. The second kappa shape index (κ2) is 10.4. The first-order valence-corrected chi connectivity index (χ1v) is 8.91. The Labute approximate surface area is 176 Å². The van der Waals surface area contributed by atoms with Crippen molar-refractivity contribution in [1.29, 1.82) is 0 Å². The Morgan fingerprint density at radius 2 is 1.89 bits per heavy atom. The number of hydrogen-bond donors (Lipinski definition) is 2. The molecule has 0 spiro atoms. The smallest absolute Gasteiger partial charge is 0.213 e. The molecule has 2 N–H and O–H groups in total. The molecule has 2 aromatic rings. The molecule has 1 heterocycles. The van der Waals surface area contributed by atoms with E-state index in [-0.39, 0.29) is 29.8 Å². The fourth-order valence-electron chi connectivity index (χ4n) is 2.50. The highest BCUT2D eigenvalue weighted by atomic mass is 127. The number of rotatable bonds is 7. The third-order valence-electron chi connectivity index (χ3n) is 4.33. The third-order valence-corrected chi connectivity index (χ3v) is 4.33. The SMILES string of the molecule is CN=C(NCc1ccc(OCC2CC2)nc1)NCc1ccc(F)c(C)c1.I. The molecule has 1 aromatic carbocycles. The molecule has 0 bridgehead atoms. The summed E-state index contributed by atoms with van der Waals surface area (Å²) in [6.07, 6.45) is 4.35. The Kier molecular flexibility index (Phi) is 8.27. The maximum atomic E-state index is 13.3. The minimum Gasteiger partial charge on any atom is -0.477 e. The minimum atomic E-state index is -0.187. The fraction of sp³-hybridized carbons (Fsp3) is 0.400. The summed E-state index contributed by atoms with van der Waals surface area (Å²) in [5.74, 6) is 1.89. The number of halogens is 2. The Morgan fingerprint density at radius 3 is 2.48 bits per heavy atom. The summed E-state index contributed by atoms with van der Waals surface area (Å²) in [5.41, 5.74) is 2.69. The quantitative estimate of drug-likeness (QED) is 0.357. The van der Waals surface area contributed by atoms with Gasteiger partial charge < -0.3 is 15.4 Å². The van der Waals surface area contributed by atoms with E-state index in [1.165, 1.54) is 18.9 Å². The lowest BCUT2D eigenvalue weighted by Gasteiger charge is -2.12. The number of ether oxygens (including phenoxy) is 1. The van der Waals surface area contributed by atoms with Crippen molar-refractivity contribution in [1.82, 2.24) is 15.6 Å². The summed E-state index contributed by atoms with van der Waals surface area (Å²) < 4.78 is 19.0. The van der Waals surface area contributed by atoms with Crippen molar-refractivity contribution in [2.75, 3.05) is 13.7 Å². The number of nitrogens with zero attached hydrogens (tertiary/aromatic N) is 2. The van der Waals surface area contributed by atoms with Gasteiger partial charge in [0, 0.05) is 32.4 Å². The van der Waals surface area contributed by atoms with Crippen LogP contribution < -0.4 is 15.4 Å². The van der Waals surface area contributed by atoms with Crippen molar-refractivity contribution in [2.24, 2.45) is 10.9 Å². The molecule has 27 heavy (non-hydrogen) atoms. The van der Waals surface area contributed by atoms with Gasteiger partial charge in [-0.05, 0) is 48.4 Å². The van der Waals surface area contributed by atoms with Crippen molar-refractivity contribution in [3.8, 4) is 5.88 Å². The number of hydrogen-bond acceptors (Lipinski definition) is 3. The van der Waals surface area contributed by atoms with Crippen LogP contribution in [0.4, 0.5) is 4.39 Å². The second-order valence-corrected chi connectivity index (χ2v) is 6.62. The van der Waals surface area contributed by atoms with Gasteiger partial charge in [0.1, 0.15) is 5.82 Å². The van der Waals surface area contributed by atoms with E-state index < -0.39 is 0 Å². The molecule has 0 radical (unpaired) electrons. The number of guanidine groups is 1. The highest BCUT2D eigenvalue weighted by Gasteiger charge is 2.22. The van der Waals surface area contributed by atoms with E-state index in [1.54, 1.807) is 20.0 Å². The molecule has 0 unspecified atom stereocenters. The molecule has 3 rings (SSSR count). The number of pyridine rings is 1. The lowest BCUT2D eigenvalue weighted by molar-refractivity contribution is 0.288. The van der Waals surface area contributed by atoms with Crippen molar-refractivity contribution in [3.63, 3.8) is 0 Å².